The summed E-state index contributed by atoms with van der Waals surface area (Å²) in [4.78, 5) is 10.5. The number of nitrogens with zero attached hydrogens (tertiary/aromatic N) is 1. The molecule has 1 aromatic rings. The van der Waals surface area contributed by atoms with Gasteiger partial charge in [0.15, 0.2) is 0 Å². The maximum absolute atomic E-state index is 10.8. The Morgan fingerprint density at radius 2 is 2.00 bits per heavy atom. The zero-order chi connectivity index (χ0) is 14.4. The van der Waals surface area contributed by atoms with E-state index < -0.39 is 0 Å². The third kappa shape index (κ3) is 3.93. The van der Waals surface area contributed by atoms with E-state index in [2.05, 4.69) is 5.32 Å². The highest BCUT2D eigenvalue weighted by atomic mass is 16.6. The quantitative estimate of drug-likeness (QED) is 0.509. The standard InChI is InChI=1S/C15H22N2O3/c1-20-15-9-8-14(17(18)19)10-12(15)11-16-13-6-4-2-3-5-7-13/h8-10,13,16H,2-7,11H2,1H3. The Balaban J connectivity index is 2.02. The maximum Gasteiger partial charge on any atom is 0.270 e. The highest BCUT2D eigenvalue weighted by Gasteiger charge is 2.15. The second-order valence-corrected chi connectivity index (χ2v) is 5.32. The molecule has 110 valence electrons. The van der Waals surface area contributed by atoms with Gasteiger partial charge in [0.05, 0.1) is 12.0 Å². The maximum atomic E-state index is 10.8. The summed E-state index contributed by atoms with van der Waals surface area (Å²) < 4.78 is 5.28. The molecule has 0 bridgehead atoms. The first-order chi connectivity index (χ1) is 9.70. The molecule has 1 aromatic carbocycles. The summed E-state index contributed by atoms with van der Waals surface area (Å²) >= 11 is 0. The molecule has 0 heterocycles. The van der Waals surface area contributed by atoms with Crippen LogP contribution in [-0.4, -0.2) is 18.1 Å². The van der Waals surface area contributed by atoms with Crippen LogP contribution in [0.5, 0.6) is 5.75 Å². The molecule has 0 amide bonds. The van der Waals surface area contributed by atoms with E-state index in [4.69, 9.17) is 4.74 Å². The summed E-state index contributed by atoms with van der Waals surface area (Å²) in [7, 11) is 1.59. The minimum Gasteiger partial charge on any atom is -0.496 e. The van der Waals surface area contributed by atoms with Gasteiger partial charge < -0.3 is 10.1 Å². The molecule has 2 rings (SSSR count). The average molecular weight is 278 g/mol. The molecule has 5 heteroatoms. The van der Waals surface area contributed by atoms with E-state index >= 15 is 0 Å². The molecular formula is C15H22N2O3. The molecule has 0 spiro atoms. The minimum absolute atomic E-state index is 0.114. The van der Waals surface area contributed by atoms with Gasteiger partial charge in [0, 0.05) is 30.3 Å². The number of non-ortho nitro benzene ring substituents is 1. The second kappa shape index (κ2) is 7.24. The first-order valence-corrected chi connectivity index (χ1v) is 7.25. The summed E-state index contributed by atoms with van der Waals surface area (Å²) in [5.74, 6) is 0.705. The van der Waals surface area contributed by atoms with Crippen molar-refractivity contribution in [3.8, 4) is 5.75 Å². The van der Waals surface area contributed by atoms with Crippen LogP contribution in [-0.2, 0) is 6.54 Å². The Hall–Kier alpha value is -1.62. The minimum atomic E-state index is -0.366. The van der Waals surface area contributed by atoms with E-state index in [1.807, 2.05) is 0 Å². The van der Waals surface area contributed by atoms with Crippen molar-refractivity contribution in [1.29, 1.82) is 0 Å². The highest BCUT2D eigenvalue weighted by Crippen LogP contribution is 2.25. The number of hydrogen-bond acceptors (Lipinski definition) is 4. The molecule has 1 aliphatic rings. The molecule has 1 saturated carbocycles. The van der Waals surface area contributed by atoms with Crippen LogP contribution < -0.4 is 10.1 Å². The van der Waals surface area contributed by atoms with Crippen LogP contribution in [0.2, 0.25) is 0 Å². The van der Waals surface area contributed by atoms with Crippen molar-refractivity contribution >= 4 is 5.69 Å². The van der Waals surface area contributed by atoms with E-state index in [1.165, 1.54) is 44.6 Å². The Bertz CT molecular complexity index is 454. The fourth-order valence-electron chi connectivity index (χ4n) is 2.75. The predicted molar refractivity (Wildman–Crippen MR) is 78.0 cm³/mol. The Morgan fingerprint density at radius 1 is 1.30 bits per heavy atom. The number of nitrogens with one attached hydrogen (secondary N) is 1. The molecule has 0 radical (unpaired) electrons. The molecule has 0 aromatic heterocycles. The lowest BCUT2D eigenvalue weighted by Gasteiger charge is -2.17. The number of benzene rings is 1. The number of hydrogen-bond donors (Lipinski definition) is 1. The first kappa shape index (κ1) is 14.8. The van der Waals surface area contributed by atoms with Crippen molar-refractivity contribution < 1.29 is 9.66 Å². The van der Waals surface area contributed by atoms with E-state index in [9.17, 15) is 10.1 Å². The summed E-state index contributed by atoms with van der Waals surface area (Å²) in [5.41, 5.74) is 0.967. The average Bonchev–Trinajstić information content (AvgIpc) is 2.73. The van der Waals surface area contributed by atoms with Gasteiger partial charge >= 0.3 is 0 Å². The van der Waals surface area contributed by atoms with Crippen molar-refractivity contribution in [1.82, 2.24) is 5.32 Å². The summed E-state index contributed by atoms with van der Waals surface area (Å²) in [6.07, 6.45) is 7.55. The summed E-state index contributed by atoms with van der Waals surface area (Å²) in [5, 5.41) is 14.4. The highest BCUT2D eigenvalue weighted by molar-refractivity contribution is 5.43. The number of ether oxygens (including phenoxy) is 1. The van der Waals surface area contributed by atoms with Crippen LogP contribution in [0.3, 0.4) is 0 Å². The van der Waals surface area contributed by atoms with Crippen molar-refractivity contribution in [2.75, 3.05) is 7.11 Å². The monoisotopic (exact) mass is 278 g/mol. The molecule has 0 saturated heterocycles. The molecule has 1 aliphatic carbocycles. The first-order valence-electron chi connectivity index (χ1n) is 7.25. The van der Waals surface area contributed by atoms with Gasteiger partial charge in [-0.3, -0.25) is 10.1 Å². The third-order valence-corrected chi connectivity index (χ3v) is 3.91. The van der Waals surface area contributed by atoms with E-state index in [0.29, 0.717) is 18.3 Å². The van der Waals surface area contributed by atoms with Crippen LogP contribution in [0.4, 0.5) is 5.69 Å². The summed E-state index contributed by atoms with van der Waals surface area (Å²) in [6.45, 7) is 0.621. The Kier molecular flexibility index (Phi) is 5.35. The summed E-state index contributed by atoms with van der Waals surface area (Å²) in [6, 6.07) is 5.26. The molecule has 5 nitrogen and oxygen atoms in total. The van der Waals surface area contributed by atoms with Crippen molar-refractivity contribution in [3.63, 3.8) is 0 Å². The van der Waals surface area contributed by atoms with Gasteiger partial charge in [-0.2, -0.15) is 0 Å². The predicted octanol–water partition coefficient (Wildman–Crippen LogP) is 3.42. The fraction of sp³-hybridized carbons (Fsp3) is 0.600. The van der Waals surface area contributed by atoms with Crippen LogP contribution in [0.1, 0.15) is 44.1 Å². The van der Waals surface area contributed by atoms with Crippen LogP contribution >= 0.6 is 0 Å². The van der Waals surface area contributed by atoms with Gasteiger partial charge in [0.1, 0.15) is 5.75 Å². The molecular weight excluding hydrogens is 256 g/mol. The van der Waals surface area contributed by atoms with Crippen LogP contribution in [0.15, 0.2) is 18.2 Å². The normalized spacial score (nSPS) is 16.6. The van der Waals surface area contributed by atoms with E-state index in [0.717, 1.165) is 5.56 Å². The molecule has 1 fully saturated rings. The van der Waals surface area contributed by atoms with Gasteiger partial charge in [0.2, 0.25) is 0 Å². The lowest BCUT2D eigenvalue weighted by molar-refractivity contribution is -0.384. The Labute approximate surface area is 119 Å². The number of nitro groups is 1. The smallest absolute Gasteiger partial charge is 0.270 e. The number of methoxy groups -OCH3 is 1. The van der Waals surface area contributed by atoms with Gasteiger partial charge in [-0.15, -0.1) is 0 Å². The zero-order valence-electron chi connectivity index (χ0n) is 11.9. The van der Waals surface area contributed by atoms with Gasteiger partial charge in [-0.25, -0.2) is 0 Å². The third-order valence-electron chi connectivity index (χ3n) is 3.91. The molecule has 0 aliphatic heterocycles. The molecule has 0 unspecified atom stereocenters. The van der Waals surface area contributed by atoms with Crippen molar-refractivity contribution in [3.05, 3.63) is 33.9 Å². The zero-order valence-corrected chi connectivity index (χ0v) is 11.9. The SMILES string of the molecule is COc1ccc([N+](=O)[O-])cc1CNC1CCCCCC1. The Morgan fingerprint density at radius 3 is 2.60 bits per heavy atom. The van der Waals surface area contributed by atoms with Gasteiger partial charge in [0.25, 0.3) is 5.69 Å². The van der Waals surface area contributed by atoms with Gasteiger partial charge in [-0.1, -0.05) is 25.7 Å². The molecule has 1 N–H and O–H groups in total. The van der Waals surface area contributed by atoms with Crippen LogP contribution in [0.25, 0.3) is 0 Å². The van der Waals surface area contributed by atoms with E-state index in [1.54, 1.807) is 19.2 Å². The van der Waals surface area contributed by atoms with Crippen molar-refractivity contribution in [2.45, 2.75) is 51.1 Å². The molecule has 20 heavy (non-hydrogen) atoms. The van der Waals surface area contributed by atoms with Gasteiger partial charge in [-0.05, 0) is 18.9 Å². The van der Waals surface area contributed by atoms with Crippen molar-refractivity contribution in [2.24, 2.45) is 0 Å². The number of rotatable bonds is 5. The largest absolute Gasteiger partial charge is 0.496 e. The van der Waals surface area contributed by atoms with E-state index in [-0.39, 0.29) is 10.6 Å². The fourth-order valence-corrected chi connectivity index (χ4v) is 2.75. The topological polar surface area (TPSA) is 64.4 Å². The lowest BCUT2D eigenvalue weighted by atomic mass is 10.1. The lowest BCUT2D eigenvalue weighted by Crippen LogP contribution is -2.28. The number of nitro benzene ring substituents is 1. The second-order valence-electron chi connectivity index (χ2n) is 5.32. The van der Waals surface area contributed by atoms with Crippen LogP contribution in [0, 0.1) is 10.1 Å². The molecule has 0 atom stereocenters.